The Morgan fingerprint density at radius 2 is 0.812 bits per heavy atom. The van der Waals surface area contributed by atoms with Gasteiger partial charge in [-0.05, 0) is 155 Å². The van der Waals surface area contributed by atoms with Crippen molar-refractivity contribution in [3.63, 3.8) is 0 Å². The van der Waals surface area contributed by atoms with E-state index in [1.54, 1.807) is 0 Å². The van der Waals surface area contributed by atoms with Gasteiger partial charge < -0.3 is 4.90 Å². The second-order valence-corrected chi connectivity index (χ2v) is 18.5. The third-order valence-electron chi connectivity index (χ3n) is 14.7. The van der Waals surface area contributed by atoms with E-state index in [0.717, 1.165) is 17.1 Å². The summed E-state index contributed by atoms with van der Waals surface area (Å²) in [5.74, 6) is 0. The van der Waals surface area contributed by atoms with Crippen LogP contribution in [0.3, 0.4) is 0 Å². The predicted molar refractivity (Wildman–Crippen MR) is 268 cm³/mol. The Bertz CT molecular complexity index is 3520. The molecule has 1 atom stereocenters. The van der Waals surface area contributed by atoms with Crippen LogP contribution in [0.2, 0.25) is 0 Å². The van der Waals surface area contributed by atoms with Crippen LogP contribution in [-0.2, 0) is 10.8 Å². The standard InChI is InChI=1S/C63H45N/c1-40-13-11-16-44(35-40)42-23-29-48(30-24-42)64(49-31-25-43(26-32-49)45-27-33-53-51-18-7-9-20-55(51)62(2,3)58(53)37-45)50-36-47-17-12-22-57-61(47)60(39-50)63(57)56-21-10-8-19-52(56)54-34-28-46(38-59(54)63)41-14-5-4-6-15-41/h4-39H,1-3H3. The van der Waals surface area contributed by atoms with Gasteiger partial charge in [0, 0.05) is 22.5 Å². The summed E-state index contributed by atoms with van der Waals surface area (Å²) >= 11 is 0. The van der Waals surface area contributed by atoms with Gasteiger partial charge >= 0.3 is 0 Å². The molecule has 13 rings (SSSR count). The third kappa shape index (κ3) is 5.19. The monoisotopic (exact) mass is 815 g/mol. The van der Waals surface area contributed by atoms with Crippen molar-refractivity contribution in [2.45, 2.75) is 31.6 Å². The molecule has 0 aliphatic heterocycles. The summed E-state index contributed by atoms with van der Waals surface area (Å²) in [7, 11) is 0. The molecule has 0 heterocycles. The first-order valence-electron chi connectivity index (χ1n) is 22.6. The van der Waals surface area contributed by atoms with E-state index in [2.05, 4.69) is 244 Å². The van der Waals surface area contributed by atoms with E-state index in [-0.39, 0.29) is 10.8 Å². The molecule has 302 valence electrons. The van der Waals surface area contributed by atoms with Crippen LogP contribution in [0.1, 0.15) is 52.8 Å². The van der Waals surface area contributed by atoms with Gasteiger partial charge in [0.15, 0.2) is 0 Å². The smallest absolute Gasteiger partial charge is 0.0726 e. The molecule has 0 saturated carbocycles. The molecule has 0 fully saturated rings. The normalized spacial score (nSPS) is 15.6. The number of aryl methyl sites for hydroxylation is 1. The fraction of sp³-hybridized carbons (Fsp3) is 0.0794. The van der Waals surface area contributed by atoms with E-state index < -0.39 is 0 Å². The van der Waals surface area contributed by atoms with Gasteiger partial charge in [0.05, 0.1) is 5.41 Å². The Balaban J connectivity index is 0.973. The van der Waals surface area contributed by atoms with Gasteiger partial charge in [0.1, 0.15) is 0 Å². The van der Waals surface area contributed by atoms with Crippen molar-refractivity contribution >= 4 is 27.8 Å². The molecule has 3 aliphatic rings. The Morgan fingerprint density at radius 3 is 1.50 bits per heavy atom. The van der Waals surface area contributed by atoms with E-state index in [4.69, 9.17) is 0 Å². The van der Waals surface area contributed by atoms with Crippen LogP contribution in [0, 0.1) is 6.92 Å². The topological polar surface area (TPSA) is 3.24 Å². The average Bonchev–Trinajstić information content (AvgIpc) is 3.78. The maximum atomic E-state index is 2.50. The van der Waals surface area contributed by atoms with E-state index in [0.29, 0.717) is 0 Å². The minimum absolute atomic E-state index is 0.0528. The molecule has 1 spiro atoms. The average molecular weight is 816 g/mol. The number of hydrogen-bond donors (Lipinski definition) is 0. The SMILES string of the molecule is Cc1cccc(-c2ccc(N(c3ccc(-c4ccc5c(c4)C(C)(C)c4ccccc4-5)cc3)c3cc4c5c(cccc5c3)C43c4ccccc4-c4ccc(-c5ccccc5)cc43)cc2)c1. The van der Waals surface area contributed by atoms with Crippen molar-refractivity contribution in [2.24, 2.45) is 0 Å². The van der Waals surface area contributed by atoms with Gasteiger partial charge in [0.25, 0.3) is 0 Å². The van der Waals surface area contributed by atoms with Crippen LogP contribution in [0.25, 0.3) is 66.4 Å². The maximum Gasteiger partial charge on any atom is 0.0726 e. The van der Waals surface area contributed by atoms with E-state index in [1.165, 1.54) is 105 Å². The summed E-state index contributed by atoms with van der Waals surface area (Å²) in [6, 6.07) is 82.0. The number of fused-ring (bicyclic) bond motifs is 10. The first-order valence-corrected chi connectivity index (χ1v) is 22.6. The zero-order valence-corrected chi connectivity index (χ0v) is 36.2. The van der Waals surface area contributed by atoms with Crippen molar-refractivity contribution < 1.29 is 0 Å². The van der Waals surface area contributed by atoms with E-state index in [1.807, 2.05) is 0 Å². The van der Waals surface area contributed by atoms with Crippen LogP contribution in [0.15, 0.2) is 218 Å². The van der Waals surface area contributed by atoms with Gasteiger partial charge in [-0.25, -0.2) is 0 Å². The van der Waals surface area contributed by atoms with Crippen molar-refractivity contribution in [3.05, 3.63) is 257 Å². The van der Waals surface area contributed by atoms with Gasteiger partial charge in [0.2, 0.25) is 0 Å². The molecule has 3 aliphatic carbocycles. The first-order chi connectivity index (χ1) is 31.4. The third-order valence-corrected chi connectivity index (χ3v) is 14.7. The van der Waals surface area contributed by atoms with Crippen LogP contribution >= 0.6 is 0 Å². The van der Waals surface area contributed by atoms with Crippen LogP contribution in [0.4, 0.5) is 17.1 Å². The van der Waals surface area contributed by atoms with Crippen molar-refractivity contribution in [1.82, 2.24) is 0 Å². The van der Waals surface area contributed by atoms with Crippen LogP contribution < -0.4 is 4.90 Å². The maximum absolute atomic E-state index is 2.50. The lowest BCUT2D eigenvalue weighted by Gasteiger charge is -2.44. The lowest BCUT2D eigenvalue weighted by molar-refractivity contribution is 0.660. The van der Waals surface area contributed by atoms with Gasteiger partial charge in [-0.1, -0.05) is 189 Å². The van der Waals surface area contributed by atoms with E-state index >= 15 is 0 Å². The molecule has 1 unspecified atom stereocenters. The zero-order valence-electron chi connectivity index (χ0n) is 36.2. The highest BCUT2D eigenvalue weighted by molar-refractivity contribution is 6.07. The number of hydrogen-bond acceptors (Lipinski definition) is 1. The van der Waals surface area contributed by atoms with E-state index in [9.17, 15) is 0 Å². The van der Waals surface area contributed by atoms with Gasteiger partial charge in [-0.2, -0.15) is 0 Å². The Morgan fingerprint density at radius 1 is 0.312 bits per heavy atom. The molecule has 10 aromatic carbocycles. The van der Waals surface area contributed by atoms with Crippen molar-refractivity contribution in [2.75, 3.05) is 4.90 Å². The number of nitrogens with zero attached hydrogens (tertiary/aromatic N) is 1. The molecule has 1 nitrogen and oxygen atoms in total. The first kappa shape index (κ1) is 36.9. The molecule has 0 saturated heterocycles. The molecule has 0 aromatic heterocycles. The molecular weight excluding hydrogens is 771 g/mol. The Kier molecular flexibility index (Phi) is 7.85. The molecule has 0 bridgehead atoms. The highest BCUT2D eigenvalue weighted by Gasteiger charge is 2.53. The summed E-state index contributed by atoms with van der Waals surface area (Å²) < 4.78 is 0. The number of rotatable bonds is 6. The fourth-order valence-electron chi connectivity index (χ4n) is 11.7. The fourth-order valence-corrected chi connectivity index (χ4v) is 11.7. The summed E-state index contributed by atoms with van der Waals surface area (Å²) in [5, 5.41) is 2.63. The quantitative estimate of drug-likeness (QED) is 0.162. The molecule has 0 N–H and O–H groups in total. The molecule has 0 amide bonds. The lowest BCUT2D eigenvalue weighted by Crippen LogP contribution is -2.36. The molecule has 10 aromatic rings. The van der Waals surface area contributed by atoms with Crippen molar-refractivity contribution in [1.29, 1.82) is 0 Å². The highest BCUT2D eigenvalue weighted by atomic mass is 15.1. The number of benzene rings is 10. The summed E-state index contributed by atoms with van der Waals surface area (Å²) in [5.41, 5.74) is 25.2. The van der Waals surface area contributed by atoms with Crippen LogP contribution in [-0.4, -0.2) is 0 Å². The summed E-state index contributed by atoms with van der Waals surface area (Å²) in [6.45, 7) is 6.88. The van der Waals surface area contributed by atoms with Gasteiger partial charge in [-0.3, -0.25) is 0 Å². The zero-order chi connectivity index (χ0) is 42.7. The van der Waals surface area contributed by atoms with Crippen LogP contribution in [0.5, 0.6) is 0 Å². The molecule has 0 radical (unpaired) electrons. The minimum Gasteiger partial charge on any atom is -0.310 e. The largest absolute Gasteiger partial charge is 0.310 e. The lowest BCUT2D eigenvalue weighted by atomic mass is 9.57. The summed E-state index contributed by atoms with van der Waals surface area (Å²) in [6.07, 6.45) is 0. The Hall–Kier alpha value is -7.74. The predicted octanol–water partition coefficient (Wildman–Crippen LogP) is 16.6. The number of anilines is 3. The minimum atomic E-state index is -0.382. The molecule has 64 heavy (non-hydrogen) atoms. The second kappa shape index (κ2) is 13.6. The highest BCUT2D eigenvalue weighted by Crippen LogP contribution is 2.65. The summed E-state index contributed by atoms with van der Waals surface area (Å²) in [4.78, 5) is 2.46. The molecule has 1 heteroatoms. The second-order valence-electron chi connectivity index (χ2n) is 18.5. The van der Waals surface area contributed by atoms with Crippen molar-refractivity contribution in [3.8, 4) is 55.6 Å². The Labute approximate surface area is 375 Å². The van der Waals surface area contributed by atoms with Gasteiger partial charge in [-0.15, -0.1) is 0 Å². The molecular formula is C63H45N.